The van der Waals surface area contributed by atoms with Crippen LogP contribution in [0.25, 0.3) is 4.91 Å². The second kappa shape index (κ2) is 11.0. The van der Waals surface area contributed by atoms with Crippen LogP contribution in [-0.4, -0.2) is 38.9 Å². The topological polar surface area (TPSA) is 95.7 Å². The maximum Gasteiger partial charge on any atom is 0.239 e. The largest absolute Gasteiger partial charge is 0.494 e. The van der Waals surface area contributed by atoms with Gasteiger partial charge >= 0.3 is 0 Å². The third-order valence-corrected chi connectivity index (χ3v) is 8.97. The number of ether oxygens (including phenoxy) is 2. The van der Waals surface area contributed by atoms with Crippen molar-refractivity contribution in [2.24, 2.45) is 5.73 Å². The molecular formula is C25H29NO5S2. The zero-order chi connectivity index (χ0) is 23.9. The van der Waals surface area contributed by atoms with Gasteiger partial charge < -0.3 is 15.2 Å². The van der Waals surface area contributed by atoms with Gasteiger partial charge in [0, 0.05) is 18.1 Å². The standard InChI is InChI=1S/C25H29NO5S2/c1-3-32-19(2)21-8-4-6-20(18-21)7-5-15-31-22-9-11-23(12-10-22)33(28,29)25(24(26)27)13-16-30-17-14-25/h3-4,6,8-12,18H,1-2,5,7,13-17H2,(H2,26,27). The summed E-state index contributed by atoms with van der Waals surface area (Å²) < 4.78 is 35.8. The fourth-order valence-corrected chi connectivity index (χ4v) is 6.20. The second-order valence-corrected chi connectivity index (χ2v) is 11.1. The molecule has 1 aliphatic heterocycles. The van der Waals surface area contributed by atoms with Gasteiger partial charge in [0.25, 0.3) is 0 Å². The van der Waals surface area contributed by atoms with E-state index in [1.54, 1.807) is 17.5 Å². The maximum atomic E-state index is 13.2. The number of amides is 1. The van der Waals surface area contributed by atoms with E-state index in [4.69, 9.17) is 15.2 Å². The van der Waals surface area contributed by atoms with Gasteiger partial charge in [-0.15, -0.1) is 0 Å². The van der Waals surface area contributed by atoms with E-state index in [2.05, 4.69) is 25.3 Å². The first-order chi connectivity index (χ1) is 15.8. The Kier molecular flexibility index (Phi) is 8.40. The first kappa shape index (κ1) is 25.1. The van der Waals surface area contributed by atoms with E-state index in [1.807, 2.05) is 12.1 Å². The fourth-order valence-electron chi connectivity index (χ4n) is 3.82. The van der Waals surface area contributed by atoms with E-state index in [0.717, 1.165) is 23.3 Å². The first-order valence-electron chi connectivity index (χ1n) is 10.7. The van der Waals surface area contributed by atoms with Gasteiger partial charge in [0.2, 0.25) is 5.91 Å². The van der Waals surface area contributed by atoms with Crippen molar-refractivity contribution in [1.29, 1.82) is 0 Å². The van der Waals surface area contributed by atoms with Crippen molar-refractivity contribution in [3.63, 3.8) is 0 Å². The zero-order valence-corrected chi connectivity index (χ0v) is 20.1. The summed E-state index contributed by atoms with van der Waals surface area (Å²) in [5, 5.41) is 1.76. The van der Waals surface area contributed by atoms with Crippen molar-refractivity contribution in [3.05, 3.63) is 78.2 Å². The van der Waals surface area contributed by atoms with Gasteiger partial charge in [0.05, 0.1) is 11.5 Å². The van der Waals surface area contributed by atoms with Gasteiger partial charge in [0.1, 0.15) is 5.75 Å². The summed E-state index contributed by atoms with van der Waals surface area (Å²) in [6.07, 6.45) is 1.76. The Balaban J connectivity index is 1.58. The third kappa shape index (κ3) is 5.69. The monoisotopic (exact) mass is 487 g/mol. The average molecular weight is 488 g/mol. The molecule has 0 aliphatic carbocycles. The number of carbonyl (C=O) groups excluding carboxylic acids is 1. The molecule has 0 atom stereocenters. The SMILES string of the molecule is C=CSC(=C)c1cccc(CCCOc2ccc(S(=O)(=O)C3(C(N)=O)CCOCC3)cc2)c1. The van der Waals surface area contributed by atoms with Crippen molar-refractivity contribution in [1.82, 2.24) is 0 Å². The van der Waals surface area contributed by atoms with Crippen molar-refractivity contribution < 1.29 is 22.7 Å². The number of nitrogens with two attached hydrogens (primary N) is 1. The van der Waals surface area contributed by atoms with E-state index in [-0.39, 0.29) is 31.0 Å². The molecule has 8 heteroatoms. The molecule has 1 saturated heterocycles. The second-order valence-electron chi connectivity index (χ2n) is 7.81. The minimum Gasteiger partial charge on any atom is -0.494 e. The molecule has 2 N–H and O–H groups in total. The number of aryl methyl sites for hydroxylation is 1. The lowest BCUT2D eigenvalue weighted by Gasteiger charge is -2.33. The lowest BCUT2D eigenvalue weighted by atomic mass is 9.98. The van der Waals surface area contributed by atoms with Gasteiger partial charge in [-0.1, -0.05) is 49.2 Å². The van der Waals surface area contributed by atoms with Crippen LogP contribution in [-0.2, 0) is 25.8 Å². The summed E-state index contributed by atoms with van der Waals surface area (Å²) in [4.78, 5) is 13.1. The van der Waals surface area contributed by atoms with Gasteiger partial charge in [-0.2, -0.15) is 0 Å². The molecule has 1 aliphatic rings. The number of primary amides is 1. The molecule has 0 spiro atoms. The fraction of sp³-hybridized carbons (Fsp3) is 0.320. The summed E-state index contributed by atoms with van der Waals surface area (Å²) >= 11 is 1.50. The Morgan fingerprint density at radius 2 is 1.88 bits per heavy atom. The summed E-state index contributed by atoms with van der Waals surface area (Å²) in [6, 6.07) is 14.4. The summed E-state index contributed by atoms with van der Waals surface area (Å²) in [5.41, 5.74) is 7.79. The molecule has 1 fully saturated rings. The molecule has 33 heavy (non-hydrogen) atoms. The molecule has 1 heterocycles. The lowest BCUT2D eigenvalue weighted by molar-refractivity contribution is -0.122. The average Bonchev–Trinajstić information content (AvgIpc) is 2.83. The molecule has 2 aromatic carbocycles. The smallest absolute Gasteiger partial charge is 0.239 e. The van der Waals surface area contributed by atoms with Gasteiger partial charge in [-0.05, 0) is 66.5 Å². The zero-order valence-electron chi connectivity index (χ0n) is 18.5. The number of sulfone groups is 1. The minimum absolute atomic E-state index is 0.0593. The third-order valence-electron chi connectivity index (χ3n) is 5.75. The molecule has 3 rings (SSSR count). The van der Waals surface area contributed by atoms with Crippen LogP contribution in [0, 0.1) is 0 Å². The molecule has 176 valence electrons. The number of hydrogen-bond acceptors (Lipinski definition) is 6. The lowest BCUT2D eigenvalue weighted by Crippen LogP contribution is -2.53. The van der Waals surface area contributed by atoms with Crippen molar-refractivity contribution >= 4 is 32.4 Å². The van der Waals surface area contributed by atoms with Crippen LogP contribution in [0.15, 0.2) is 72.0 Å². The van der Waals surface area contributed by atoms with Crippen molar-refractivity contribution in [2.45, 2.75) is 35.3 Å². The quantitative estimate of drug-likeness (QED) is 0.473. The molecule has 1 amide bonds. The van der Waals surface area contributed by atoms with Gasteiger partial charge in [-0.25, -0.2) is 8.42 Å². The van der Waals surface area contributed by atoms with Crippen LogP contribution in [0.4, 0.5) is 0 Å². The van der Waals surface area contributed by atoms with Crippen molar-refractivity contribution in [3.8, 4) is 5.75 Å². The summed E-state index contributed by atoms with van der Waals surface area (Å²) in [6.45, 7) is 8.63. The highest BCUT2D eigenvalue weighted by Crippen LogP contribution is 2.35. The maximum absolute atomic E-state index is 13.2. The van der Waals surface area contributed by atoms with Crippen LogP contribution < -0.4 is 10.5 Å². The number of rotatable bonds is 11. The van der Waals surface area contributed by atoms with Gasteiger partial charge in [0.15, 0.2) is 14.6 Å². The summed E-state index contributed by atoms with van der Waals surface area (Å²) in [5.74, 6) is -0.263. The molecule has 0 unspecified atom stereocenters. The van der Waals surface area contributed by atoms with Crippen LogP contribution in [0.2, 0.25) is 0 Å². The number of hydrogen-bond donors (Lipinski definition) is 1. The molecule has 0 bridgehead atoms. The normalized spacial score (nSPS) is 15.5. The number of benzene rings is 2. The minimum atomic E-state index is -3.94. The first-order valence-corrected chi connectivity index (χ1v) is 13.1. The van der Waals surface area contributed by atoms with E-state index < -0.39 is 20.5 Å². The van der Waals surface area contributed by atoms with Gasteiger partial charge in [-0.3, -0.25) is 4.79 Å². The molecule has 0 aromatic heterocycles. The highest BCUT2D eigenvalue weighted by molar-refractivity contribution is 8.10. The predicted molar refractivity (Wildman–Crippen MR) is 133 cm³/mol. The molecule has 0 saturated carbocycles. The Morgan fingerprint density at radius 3 is 2.52 bits per heavy atom. The highest BCUT2D eigenvalue weighted by Gasteiger charge is 2.51. The Hall–Kier alpha value is -2.55. The number of thioether (sulfide) groups is 1. The molecule has 0 radical (unpaired) electrons. The van der Waals surface area contributed by atoms with Crippen molar-refractivity contribution in [2.75, 3.05) is 19.8 Å². The van der Waals surface area contributed by atoms with E-state index in [0.29, 0.717) is 12.4 Å². The van der Waals surface area contributed by atoms with E-state index in [9.17, 15) is 13.2 Å². The predicted octanol–water partition coefficient (Wildman–Crippen LogP) is 4.35. The molecule has 2 aromatic rings. The van der Waals surface area contributed by atoms with Crippen LogP contribution in [0.3, 0.4) is 0 Å². The van der Waals surface area contributed by atoms with Crippen LogP contribution >= 0.6 is 11.8 Å². The Bertz CT molecular complexity index is 1100. The molecular weight excluding hydrogens is 458 g/mol. The molecule has 6 nitrogen and oxygen atoms in total. The van der Waals surface area contributed by atoms with Crippen LogP contribution in [0.1, 0.15) is 30.4 Å². The van der Waals surface area contributed by atoms with Crippen LogP contribution in [0.5, 0.6) is 5.75 Å². The van der Waals surface area contributed by atoms with E-state index in [1.165, 1.54) is 29.5 Å². The summed E-state index contributed by atoms with van der Waals surface area (Å²) in [7, 11) is -3.94. The van der Waals surface area contributed by atoms with E-state index >= 15 is 0 Å². The Morgan fingerprint density at radius 1 is 1.18 bits per heavy atom. The Labute approximate surface area is 199 Å². The highest BCUT2D eigenvalue weighted by atomic mass is 32.2. The number of carbonyl (C=O) groups is 1.